The largest absolute Gasteiger partial charge is 0.448 e. The van der Waals surface area contributed by atoms with E-state index in [2.05, 4.69) is 10.3 Å². The van der Waals surface area contributed by atoms with Crippen molar-refractivity contribution in [3.8, 4) is 0 Å². The number of amides is 2. The molecule has 4 rings (SSSR count). The first-order valence-electron chi connectivity index (χ1n) is 13.7. The van der Waals surface area contributed by atoms with E-state index in [-0.39, 0.29) is 6.54 Å². The molecule has 2 heterocycles. The first-order chi connectivity index (χ1) is 20.0. The Kier molecular flexibility index (Phi) is 10.1. The number of likely N-dealkylation sites (tertiary alicyclic amines) is 1. The molecule has 1 unspecified atom stereocenters. The Labute approximate surface area is 248 Å². The molecule has 1 N–H and O–H groups in total. The van der Waals surface area contributed by atoms with Gasteiger partial charge in [0.1, 0.15) is 10.8 Å². The number of hydrogen-bond donors (Lipinski definition) is 1. The standard InChI is InChI=1S/C31H34FN3O6S/c1-18-8-5-9-19(2)25(18)15-24-17-42-27(34-24)16-33-30(38)28(40-20(3)36)29(41-21(4)37)31(39)35-13-7-12-26(35)22-10-6-11-23(32)14-22/h5-6,8-11,14,17,26,28-29H,7,12-13,15-16H2,1-4H3,(H,33,38)/t26?,28-,29-/m1/s1. The molecule has 1 saturated heterocycles. The van der Waals surface area contributed by atoms with Crippen molar-refractivity contribution in [2.45, 2.75) is 71.8 Å². The van der Waals surface area contributed by atoms with Gasteiger partial charge in [-0.3, -0.25) is 19.2 Å². The summed E-state index contributed by atoms with van der Waals surface area (Å²) in [6.45, 7) is 6.62. The zero-order chi connectivity index (χ0) is 30.4. The lowest BCUT2D eigenvalue weighted by Gasteiger charge is -2.31. The summed E-state index contributed by atoms with van der Waals surface area (Å²) in [5, 5.41) is 5.21. The maximum absolute atomic E-state index is 13.9. The van der Waals surface area contributed by atoms with Crippen molar-refractivity contribution in [3.63, 3.8) is 0 Å². The molecule has 1 fully saturated rings. The van der Waals surface area contributed by atoms with Gasteiger partial charge in [-0.2, -0.15) is 0 Å². The van der Waals surface area contributed by atoms with E-state index in [1.807, 2.05) is 37.4 Å². The van der Waals surface area contributed by atoms with Crippen LogP contribution >= 0.6 is 11.3 Å². The summed E-state index contributed by atoms with van der Waals surface area (Å²) < 4.78 is 24.5. The minimum absolute atomic E-state index is 0.0185. The van der Waals surface area contributed by atoms with Crippen LogP contribution in [0.1, 0.15) is 65.7 Å². The summed E-state index contributed by atoms with van der Waals surface area (Å²) >= 11 is 1.37. The van der Waals surface area contributed by atoms with Gasteiger partial charge in [0.15, 0.2) is 0 Å². The first kappa shape index (κ1) is 30.8. The van der Waals surface area contributed by atoms with E-state index in [9.17, 15) is 23.6 Å². The van der Waals surface area contributed by atoms with Crippen molar-refractivity contribution in [1.82, 2.24) is 15.2 Å². The van der Waals surface area contributed by atoms with Gasteiger partial charge in [0, 0.05) is 32.2 Å². The van der Waals surface area contributed by atoms with Gasteiger partial charge >= 0.3 is 11.9 Å². The number of carbonyl (C=O) groups is 4. The predicted octanol–water partition coefficient (Wildman–Crippen LogP) is 4.33. The van der Waals surface area contributed by atoms with Crippen molar-refractivity contribution in [3.05, 3.63) is 86.6 Å². The number of thiazole rings is 1. The molecule has 2 amide bonds. The average molecular weight is 596 g/mol. The molecule has 11 heteroatoms. The molecule has 1 aromatic heterocycles. The SMILES string of the molecule is CC(=O)O[C@@H](C(=O)NCc1nc(Cc2c(C)cccc2C)cs1)[C@@H](OC(C)=O)C(=O)N1CCCC1c1cccc(F)c1. The Morgan fingerprint density at radius 3 is 2.38 bits per heavy atom. The van der Waals surface area contributed by atoms with E-state index in [0.29, 0.717) is 36.4 Å². The van der Waals surface area contributed by atoms with Crippen molar-refractivity contribution >= 4 is 35.1 Å². The fourth-order valence-electron chi connectivity index (χ4n) is 5.19. The Morgan fingerprint density at radius 2 is 1.71 bits per heavy atom. The number of aryl methyl sites for hydroxylation is 2. The van der Waals surface area contributed by atoms with Crippen LogP contribution in [-0.2, 0) is 41.6 Å². The number of benzene rings is 2. The second-order valence-electron chi connectivity index (χ2n) is 10.3. The summed E-state index contributed by atoms with van der Waals surface area (Å²) in [4.78, 5) is 57.2. The van der Waals surface area contributed by atoms with E-state index in [1.54, 1.807) is 12.1 Å². The normalized spacial score (nSPS) is 16.0. The molecule has 0 radical (unpaired) electrons. The van der Waals surface area contributed by atoms with Gasteiger partial charge in [0.05, 0.1) is 18.3 Å². The van der Waals surface area contributed by atoms with Crippen molar-refractivity contribution in [1.29, 1.82) is 0 Å². The van der Waals surface area contributed by atoms with E-state index in [1.165, 1.54) is 45.1 Å². The summed E-state index contributed by atoms with van der Waals surface area (Å²) in [6.07, 6.45) is -1.64. The molecule has 222 valence electrons. The Morgan fingerprint density at radius 1 is 1.05 bits per heavy atom. The summed E-state index contributed by atoms with van der Waals surface area (Å²) in [5.41, 5.74) is 4.95. The number of esters is 2. The maximum atomic E-state index is 13.9. The van der Waals surface area contributed by atoms with Gasteiger partial charge in [-0.15, -0.1) is 11.3 Å². The second-order valence-corrected chi connectivity index (χ2v) is 11.2. The van der Waals surface area contributed by atoms with Gasteiger partial charge in [0.25, 0.3) is 11.8 Å². The minimum atomic E-state index is -1.73. The van der Waals surface area contributed by atoms with Crippen LogP contribution in [-0.4, -0.2) is 52.4 Å². The van der Waals surface area contributed by atoms with Crippen LogP contribution in [0.3, 0.4) is 0 Å². The highest BCUT2D eigenvalue weighted by atomic mass is 32.1. The molecule has 2 aromatic carbocycles. The van der Waals surface area contributed by atoms with Gasteiger partial charge in [-0.05, 0) is 61.1 Å². The van der Waals surface area contributed by atoms with Crippen LogP contribution in [0, 0.1) is 19.7 Å². The number of rotatable bonds is 10. The third-order valence-corrected chi connectivity index (χ3v) is 8.05. The highest BCUT2D eigenvalue weighted by Crippen LogP contribution is 2.33. The molecule has 0 aliphatic carbocycles. The molecule has 1 aliphatic heterocycles. The highest BCUT2D eigenvalue weighted by molar-refractivity contribution is 7.09. The smallest absolute Gasteiger partial charge is 0.303 e. The van der Waals surface area contributed by atoms with Gasteiger partial charge in [-0.1, -0.05) is 30.3 Å². The molecule has 9 nitrogen and oxygen atoms in total. The quantitative estimate of drug-likeness (QED) is 0.347. The third-order valence-electron chi connectivity index (χ3n) is 7.15. The van der Waals surface area contributed by atoms with Crippen molar-refractivity contribution in [2.24, 2.45) is 0 Å². The number of aromatic nitrogens is 1. The van der Waals surface area contributed by atoms with Crippen LogP contribution < -0.4 is 5.32 Å². The Hall–Kier alpha value is -4.12. The summed E-state index contributed by atoms with van der Waals surface area (Å²) in [5.74, 6) is -3.61. The third kappa shape index (κ3) is 7.58. The van der Waals surface area contributed by atoms with E-state index in [0.717, 1.165) is 19.5 Å². The summed E-state index contributed by atoms with van der Waals surface area (Å²) in [7, 11) is 0. The number of carbonyl (C=O) groups excluding carboxylic acids is 4. The van der Waals surface area contributed by atoms with Gasteiger partial charge < -0.3 is 19.7 Å². The van der Waals surface area contributed by atoms with Gasteiger partial charge in [0.2, 0.25) is 12.2 Å². The molecule has 0 spiro atoms. The number of hydrogen-bond acceptors (Lipinski definition) is 8. The van der Waals surface area contributed by atoms with Crippen LogP contribution in [0.4, 0.5) is 4.39 Å². The second kappa shape index (κ2) is 13.7. The van der Waals surface area contributed by atoms with Crippen LogP contribution in [0.5, 0.6) is 0 Å². The maximum Gasteiger partial charge on any atom is 0.303 e. The van der Waals surface area contributed by atoms with Crippen LogP contribution in [0.25, 0.3) is 0 Å². The van der Waals surface area contributed by atoms with E-state index >= 15 is 0 Å². The molecule has 1 aliphatic rings. The molecular weight excluding hydrogens is 561 g/mol. The van der Waals surface area contributed by atoms with Crippen LogP contribution in [0.2, 0.25) is 0 Å². The number of halogens is 1. The van der Waals surface area contributed by atoms with Crippen molar-refractivity contribution in [2.75, 3.05) is 6.54 Å². The average Bonchev–Trinajstić information content (AvgIpc) is 3.61. The highest BCUT2D eigenvalue weighted by Gasteiger charge is 2.44. The number of nitrogens with zero attached hydrogens (tertiary/aromatic N) is 2. The first-order valence-corrected chi connectivity index (χ1v) is 14.6. The topological polar surface area (TPSA) is 115 Å². The summed E-state index contributed by atoms with van der Waals surface area (Å²) in [6, 6.07) is 11.5. The lowest BCUT2D eigenvalue weighted by atomic mass is 9.99. The fraction of sp³-hybridized carbons (Fsp3) is 0.387. The molecule has 0 bridgehead atoms. The Bertz CT molecular complexity index is 1450. The lowest BCUT2D eigenvalue weighted by Crippen LogP contribution is -2.53. The van der Waals surface area contributed by atoms with E-state index < -0.39 is 47.8 Å². The Balaban J connectivity index is 1.50. The zero-order valence-corrected chi connectivity index (χ0v) is 24.8. The monoisotopic (exact) mass is 595 g/mol. The van der Waals surface area contributed by atoms with Crippen molar-refractivity contribution < 1.29 is 33.0 Å². The van der Waals surface area contributed by atoms with Gasteiger partial charge in [-0.25, -0.2) is 9.37 Å². The minimum Gasteiger partial charge on any atom is -0.448 e. The molecular formula is C31H34FN3O6S. The molecule has 3 aromatic rings. The predicted molar refractivity (Wildman–Crippen MR) is 154 cm³/mol. The zero-order valence-electron chi connectivity index (χ0n) is 24.0. The van der Waals surface area contributed by atoms with E-state index in [4.69, 9.17) is 9.47 Å². The molecule has 0 saturated carbocycles. The number of nitrogens with one attached hydrogen (secondary N) is 1. The lowest BCUT2D eigenvalue weighted by molar-refractivity contribution is -0.178. The number of ether oxygens (including phenoxy) is 2. The molecule has 3 atom stereocenters. The molecule has 42 heavy (non-hydrogen) atoms. The fourth-order valence-corrected chi connectivity index (χ4v) is 5.92. The van der Waals surface area contributed by atoms with Crippen LogP contribution in [0.15, 0.2) is 47.8 Å².